The number of amides is 1. The molecule has 2 aromatic carbocycles. The van der Waals surface area contributed by atoms with Gasteiger partial charge in [0.05, 0.1) is 22.1 Å². The molecule has 0 radical (unpaired) electrons. The summed E-state index contributed by atoms with van der Waals surface area (Å²) in [5.41, 5.74) is 3.34. The van der Waals surface area contributed by atoms with Gasteiger partial charge in [0.1, 0.15) is 5.92 Å². The lowest BCUT2D eigenvalue weighted by Crippen LogP contribution is -2.33. The fourth-order valence-corrected chi connectivity index (χ4v) is 4.34. The van der Waals surface area contributed by atoms with E-state index in [1.165, 1.54) is 30.1 Å². The first kappa shape index (κ1) is 24.7. The second-order valence-corrected chi connectivity index (χ2v) is 8.97. The Morgan fingerprint density at radius 3 is 2.60 bits per heavy atom. The van der Waals surface area contributed by atoms with E-state index in [-0.39, 0.29) is 18.4 Å². The minimum absolute atomic E-state index is 0.145. The highest BCUT2D eigenvalue weighted by atomic mass is 35.5. The van der Waals surface area contributed by atoms with Crippen LogP contribution in [0.15, 0.2) is 65.9 Å². The maximum atomic E-state index is 14.1. The Balaban J connectivity index is 1.58. The number of hydrogen-bond acceptors (Lipinski definition) is 4. The van der Waals surface area contributed by atoms with Crippen molar-refractivity contribution >= 4 is 34.7 Å². The number of Topliss-reactive ketones (excluding diaryl/α,β-unsaturated/α-hetero) is 1. The standard InChI is InChI=1S/C27H24ClF2N3O2/c1-4-27(29,30)19-9-5-8-18(13-19)14-23(34)24-17(3)32-33(26(24)35)20-10-11-22(28)21(15-20)25-16(2)7-6-12-31-25/h5-13,15,24H,4,14H2,1-3H3. The molecule has 1 aromatic heterocycles. The smallest absolute Gasteiger partial charge is 0.273 e. The summed E-state index contributed by atoms with van der Waals surface area (Å²) in [6.45, 7) is 4.93. The largest absolute Gasteiger partial charge is 0.298 e. The Hall–Kier alpha value is -3.45. The lowest BCUT2D eigenvalue weighted by atomic mass is 9.92. The zero-order valence-electron chi connectivity index (χ0n) is 19.6. The molecule has 0 saturated heterocycles. The SMILES string of the molecule is CCC(F)(F)c1cccc(CC(=O)C2C(=O)N(c3ccc(Cl)c(-c4ncccc4C)c3)N=C2C)c1. The quantitative estimate of drug-likeness (QED) is 0.358. The number of hydrogen-bond donors (Lipinski definition) is 0. The first-order valence-electron chi connectivity index (χ1n) is 11.2. The Kier molecular flexibility index (Phi) is 6.81. The summed E-state index contributed by atoms with van der Waals surface area (Å²) in [6.07, 6.45) is 1.17. The van der Waals surface area contributed by atoms with E-state index in [2.05, 4.69) is 10.1 Å². The summed E-state index contributed by atoms with van der Waals surface area (Å²) < 4.78 is 28.2. The van der Waals surface area contributed by atoms with Crippen LogP contribution in [-0.4, -0.2) is 22.4 Å². The van der Waals surface area contributed by atoms with Gasteiger partial charge in [-0.2, -0.15) is 10.1 Å². The molecular formula is C27H24ClF2N3O2. The summed E-state index contributed by atoms with van der Waals surface area (Å²) in [5, 5.41) is 6.00. The molecule has 8 heteroatoms. The number of anilines is 1. The normalized spacial score (nSPS) is 15.9. The average Bonchev–Trinajstić information content (AvgIpc) is 3.14. The van der Waals surface area contributed by atoms with Crippen molar-refractivity contribution in [3.63, 3.8) is 0 Å². The predicted octanol–water partition coefficient (Wildman–Crippen LogP) is 6.36. The third-order valence-corrected chi connectivity index (χ3v) is 6.41. The van der Waals surface area contributed by atoms with Crippen LogP contribution in [-0.2, 0) is 21.9 Å². The molecule has 0 saturated carbocycles. The second-order valence-electron chi connectivity index (χ2n) is 8.56. The molecule has 5 nitrogen and oxygen atoms in total. The molecule has 0 N–H and O–H groups in total. The third kappa shape index (κ3) is 4.86. The first-order valence-corrected chi connectivity index (χ1v) is 11.6. The van der Waals surface area contributed by atoms with Crippen LogP contribution in [0, 0.1) is 12.8 Å². The molecule has 0 bridgehead atoms. The molecule has 0 fully saturated rings. The van der Waals surface area contributed by atoms with Gasteiger partial charge in [-0.3, -0.25) is 14.6 Å². The number of carbonyl (C=O) groups excluding carboxylic acids is 2. The number of alkyl halides is 2. The van der Waals surface area contributed by atoms with Crippen LogP contribution in [0.2, 0.25) is 5.02 Å². The average molecular weight is 496 g/mol. The Morgan fingerprint density at radius 2 is 1.89 bits per heavy atom. The topological polar surface area (TPSA) is 62.6 Å². The molecule has 1 amide bonds. The van der Waals surface area contributed by atoms with Gasteiger partial charge in [0.25, 0.3) is 11.8 Å². The van der Waals surface area contributed by atoms with Crippen LogP contribution < -0.4 is 5.01 Å². The lowest BCUT2D eigenvalue weighted by Gasteiger charge is -2.17. The Morgan fingerprint density at radius 1 is 1.11 bits per heavy atom. The second kappa shape index (κ2) is 9.66. The number of carbonyl (C=O) groups is 2. The first-order chi connectivity index (χ1) is 16.6. The number of nitrogens with zero attached hydrogens (tertiary/aromatic N) is 3. The number of ketones is 1. The highest BCUT2D eigenvalue weighted by Gasteiger charge is 2.39. The van der Waals surface area contributed by atoms with Gasteiger partial charge >= 0.3 is 0 Å². The number of pyridine rings is 1. The highest BCUT2D eigenvalue weighted by Crippen LogP contribution is 2.35. The number of aryl methyl sites for hydroxylation is 1. The van der Waals surface area contributed by atoms with E-state index in [4.69, 9.17) is 11.6 Å². The summed E-state index contributed by atoms with van der Waals surface area (Å²) in [4.78, 5) is 30.7. The molecule has 4 rings (SSSR count). The predicted molar refractivity (Wildman–Crippen MR) is 133 cm³/mol. The highest BCUT2D eigenvalue weighted by molar-refractivity contribution is 6.33. The lowest BCUT2D eigenvalue weighted by molar-refractivity contribution is -0.128. The minimum atomic E-state index is -2.98. The van der Waals surface area contributed by atoms with Crippen LogP contribution >= 0.6 is 11.6 Å². The molecule has 2 heterocycles. The number of hydrazone groups is 1. The van der Waals surface area contributed by atoms with Gasteiger partial charge in [-0.05, 0) is 55.3 Å². The van der Waals surface area contributed by atoms with Gasteiger partial charge in [-0.25, -0.2) is 8.78 Å². The van der Waals surface area contributed by atoms with Crippen LogP contribution in [0.25, 0.3) is 11.3 Å². The zero-order chi connectivity index (χ0) is 25.3. The van der Waals surface area contributed by atoms with Crippen molar-refractivity contribution in [2.75, 3.05) is 5.01 Å². The van der Waals surface area contributed by atoms with E-state index in [0.717, 1.165) is 5.56 Å². The fraction of sp³-hybridized carbons (Fsp3) is 0.259. The van der Waals surface area contributed by atoms with Gasteiger partial charge in [0.2, 0.25) is 0 Å². The Labute approximate surface area is 207 Å². The van der Waals surface area contributed by atoms with Crippen LogP contribution in [0.4, 0.5) is 14.5 Å². The molecule has 0 aliphatic carbocycles. The third-order valence-electron chi connectivity index (χ3n) is 6.08. The molecule has 1 aliphatic rings. The van der Waals surface area contributed by atoms with Crippen molar-refractivity contribution in [1.82, 2.24) is 4.98 Å². The van der Waals surface area contributed by atoms with Gasteiger partial charge < -0.3 is 0 Å². The van der Waals surface area contributed by atoms with E-state index in [1.807, 2.05) is 19.1 Å². The van der Waals surface area contributed by atoms with Gasteiger partial charge in [-0.15, -0.1) is 0 Å². The monoisotopic (exact) mass is 495 g/mol. The van der Waals surface area contributed by atoms with E-state index in [1.54, 1.807) is 37.4 Å². The van der Waals surface area contributed by atoms with Crippen LogP contribution in [0.3, 0.4) is 0 Å². The molecule has 180 valence electrons. The molecule has 0 spiro atoms. The van der Waals surface area contributed by atoms with Crippen molar-refractivity contribution in [1.29, 1.82) is 0 Å². The Bertz CT molecular complexity index is 1340. The van der Waals surface area contributed by atoms with E-state index in [0.29, 0.717) is 33.2 Å². The number of aromatic nitrogens is 1. The molecule has 1 unspecified atom stereocenters. The van der Waals surface area contributed by atoms with Crippen molar-refractivity contribution < 1.29 is 18.4 Å². The van der Waals surface area contributed by atoms with E-state index < -0.39 is 23.5 Å². The van der Waals surface area contributed by atoms with Crippen molar-refractivity contribution in [3.8, 4) is 11.3 Å². The maximum absolute atomic E-state index is 14.1. The van der Waals surface area contributed by atoms with Gasteiger partial charge in [0, 0.05) is 30.2 Å². The zero-order valence-corrected chi connectivity index (χ0v) is 20.3. The number of halogens is 3. The number of rotatable bonds is 7. The summed E-state index contributed by atoms with van der Waals surface area (Å²) in [7, 11) is 0. The number of benzene rings is 2. The van der Waals surface area contributed by atoms with Crippen molar-refractivity contribution in [2.24, 2.45) is 11.0 Å². The maximum Gasteiger partial charge on any atom is 0.273 e. The van der Waals surface area contributed by atoms with E-state index in [9.17, 15) is 18.4 Å². The summed E-state index contributed by atoms with van der Waals surface area (Å²) >= 11 is 6.41. The fourth-order valence-electron chi connectivity index (χ4n) is 4.13. The summed E-state index contributed by atoms with van der Waals surface area (Å²) in [5.74, 6) is -4.95. The van der Waals surface area contributed by atoms with Crippen LogP contribution in [0.5, 0.6) is 0 Å². The van der Waals surface area contributed by atoms with Gasteiger partial charge in [-0.1, -0.05) is 42.8 Å². The van der Waals surface area contributed by atoms with Crippen molar-refractivity contribution in [3.05, 3.63) is 82.5 Å². The van der Waals surface area contributed by atoms with Crippen molar-refractivity contribution in [2.45, 2.75) is 39.5 Å². The minimum Gasteiger partial charge on any atom is -0.298 e. The molecule has 1 atom stereocenters. The van der Waals surface area contributed by atoms with E-state index >= 15 is 0 Å². The molecular weight excluding hydrogens is 472 g/mol. The molecule has 1 aliphatic heterocycles. The summed E-state index contributed by atoms with van der Waals surface area (Å²) in [6, 6.07) is 14.5. The molecule has 35 heavy (non-hydrogen) atoms. The molecule has 3 aromatic rings. The van der Waals surface area contributed by atoms with Crippen LogP contribution in [0.1, 0.15) is 37.0 Å². The van der Waals surface area contributed by atoms with Gasteiger partial charge in [0.15, 0.2) is 5.78 Å².